The van der Waals surface area contributed by atoms with E-state index in [0.29, 0.717) is 0 Å². The third-order valence-electron chi connectivity index (χ3n) is 3.77. The lowest BCUT2D eigenvalue weighted by Crippen LogP contribution is -2.29. The van der Waals surface area contributed by atoms with Gasteiger partial charge in [-0.25, -0.2) is 0 Å². The minimum absolute atomic E-state index is 1.14. The Morgan fingerprint density at radius 2 is 1.89 bits per heavy atom. The van der Waals surface area contributed by atoms with Crippen LogP contribution in [0.5, 0.6) is 0 Å². The van der Waals surface area contributed by atoms with E-state index in [1.54, 1.807) is 0 Å². The van der Waals surface area contributed by atoms with Gasteiger partial charge in [0.05, 0.1) is 0 Å². The van der Waals surface area contributed by atoms with Gasteiger partial charge < -0.3 is 0 Å². The molecule has 0 fully saturated rings. The second-order valence-corrected chi connectivity index (χ2v) is 5.21. The molecule has 0 radical (unpaired) electrons. The molecular weight excluding hydrogens is 218 g/mol. The Balaban J connectivity index is 1.78. The molecule has 0 bridgehead atoms. The average Bonchev–Trinajstić information content (AvgIpc) is 2.45. The smallest absolute Gasteiger partial charge is 0.0169 e. The van der Waals surface area contributed by atoms with Crippen LogP contribution in [0.25, 0.3) is 5.57 Å². The summed E-state index contributed by atoms with van der Waals surface area (Å²) >= 11 is 0. The Hall–Kier alpha value is -1.08. The molecule has 0 N–H and O–H groups in total. The van der Waals surface area contributed by atoms with Gasteiger partial charge in [0.1, 0.15) is 0 Å². The van der Waals surface area contributed by atoms with Gasteiger partial charge in [0, 0.05) is 13.1 Å². The molecule has 98 valence electrons. The van der Waals surface area contributed by atoms with E-state index in [0.717, 1.165) is 6.54 Å². The quantitative estimate of drug-likeness (QED) is 0.671. The summed E-state index contributed by atoms with van der Waals surface area (Å²) < 4.78 is 0. The van der Waals surface area contributed by atoms with Gasteiger partial charge >= 0.3 is 0 Å². The average molecular weight is 243 g/mol. The summed E-state index contributed by atoms with van der Waals surface area (Å²) in [5.74, 6) is 0. The van der Waals surface area contributed by atoms with Crippen LogP contribution in [0.4, 0.5) is 0 Å². The standard InChI is InChI=1S/C17H25N/c1-2-3-4-8-13-18-14-11-17(12-15-18)16-9-6-5-7-10-16/h5-7,9-11H,2-4,8,12-15H2,1H3. The first-order valence-electron chi connectivity index (χ1n) is 7.37. The molecule has 0 aliphatic carbocycles. The topological polar surface area (TPSA) is 3.24 Å². The van der Waals surface area contributed by atoms with Crippen molar-refractivity contribution in [2.24, 2.45) is 0 Å². The Labute approximate surface area is 112 Å². The van der Waals surface area contributed by atoms with E-state index >= 15 is 0 Å². The monoisotopic (exact) mass is 243 g/mol. The maximum atomic E-state index is 2.59. The number of unbranched alkanes of at least 4 members (excludes halogenated alkanes) is 3. The molecule has 0 saturated heterocycles. The number of hydrogen-bond donors (Lipinski definition) is 0. The number of rotatable bonds is 6. The SMILES string of the molecule is CCCCCCN1CC=C(c2ccccc2)CC1. The lowest BCUT2D eigenvalue weighted by atomic mass is 9.99. The van der Waals surface area contributed by atoms with E-state index in [4.69, 9.17) is 0 Å². The van der Waals surface area contributed by atoms with Crippen LogP contribution in [0.3, 0.4) is 0 Å². The summed E-state index contributed by atoms with van der Waals surface area (Å²) in [6.07, 6.45) is 9.10. The highest BCUT2D eigenvalue weighted by molar-refractivity contribution is 5.66. The molecule has 0 unspecified atom stereocenters. The van der Waals surface area contributed by atoms with Crippen molar-refractivity contribution in [3.63, 3.8) is 0 Å². The molecule has 1 nitrogen and oxygen atoms in total. The highest BCUT2D eigenvalue weighted by atomic mass is 15.1. The maximum absolute atomic E-state index is 2.59. The maximum Gasteiger partial charge on any atom is 0.0169 e. The van der Waals surface area contributed by atoms with Gasteiger partial charge in [0.25, 0.3) is 0 Å². The van der Waals surface area contributed by atoms with E-state index < -0.39 is 0 Å². The summed E-state index contributed by atoms with van der Waals surface area (Å²) in [6.45, 7) is 5.91. The van der Waals surface area contributed by atoms with Crippen LogP contribution in [0.2, 0.25) is 0 Å². The van der Waals surface area contributed by atoms with Crippen molar-refractivity contribution in [3.05, 3.63) is 42.0 Å². The minimum Gasteiger partial charge on any atom is -0.299 e. The normalized spacial score (nSPS) is 16.6. The van der Waals surface area contributed by atoms with Crippen molar-refractivity contribution in [1.29, 1.82) is 0 Å². The van der Waals surface area contributed by atoms with Crippen LogP contribution >= 0.6 is 0 Å². The molecule has 0 aromatic heterocycles. The Morgan fingerprint density at radius 3 is 2.56 bits per heavy atom. The van der Waals surface area contributed by atoms with Crippen LogP contribution in [0, 0.1) is 0 Å². The first-order valence-corrected chi connectivity index (χ1v) is 7.37. The molecule has 1 heteroatoms. The fourth-order valence-corrected chi connectivity index (χ4v) is 2.59. The zero-order chi connectivity index (χ0) is 12.6. The Bertz CT molecular complexity index is 366. The van der Waals surface area contributed by atoms with Crippen LogP contribution in [-0.4, -0.2) is 24.5 Å². The van der Waals surface area contributed by atoms with Crippen LogP contribution in [-0.2, 0) is 0 Å². The van der Waals surface area contributed by atoms with Crippen molar-refractivity contribution >= 4 is 5.57 Å². The van der Waals surface area contributed by atoms with Crippen LogP contribution in [0.15, 0.2) is 36.4 Å². The third-order valence-corrected chi connectivity index (χ3v) is 3.77. The van der Waals surface area contributed by atoms with Gasteiger partial charge in [0.2, 0.25) is 0 Å². The van der Waals surface area contributed by atoms with Crippen molar-refractivity contribution < 1.29 is 0 Å². The summed E-state index contributed by atoms with van der Waals surface area (Å²) in [4.78, 5) is 2.59. The highest BCUT2D eigenvalue weighted by Gasteiger charge is 2.11. The van der Waals surface area contributed by atoms with E-state index in [1.165, 1.54) is 56.3 Å². The Morgan fingerprint density at radius 1 is 1.06 bits per heavy atom. The van der Waals surface area contributed by atoms with E-state index in [1.807, 2.05) is 0 Å². The molecule has 2 rings (SSSR count). The van der Waals surface area contributed by atoms with E-state index in [-0.39, 0.29) is 0 Å². The molecular formula is C17H25N. The molecule has 0 saturated carbocycles. The van der Waals surface area contributed by atoms with Crippen LogP contribution < -0.4 is 0 Å². The zero-order valence-electron chi connectivity index (χ0n) is 11.6. The summed E-state index contributed by atoms with van der Waals surface area (Å²) in [5, 5.41) is 0. The highest BCUT2D eigenvalue weighted by Crippen LogP contribution is 2.22. The molecule has 1 aliphatic heterocycles. The molecule has 0 spiro atoms. The molecule has 18 heavy (non-hydrogen) atoms. The fourth-order valence-electron chi connectivity index (χ4n) is 2.59. The third kappa shape index (κ3) is 3.99. The molecule has 0 amide bonds. The Kier molecular flexibility index (Phi) is 5.47. The lowest BCUT2D eigenvalue weighted by molar-refractivity contribution is 0.294. The number of nitrogens with zero attached hydrogens (tertiary/aromatic N) is 1. The van der Waals surface area contributed by atoms with Crippen molar-refractivity contribution in [2.45, 2.75) is 39.0 Å². The van der Waals surface area contributed by atoms with Gasteiger partial charge in [-0.15, -0.1) is 0 Å². The first-order chi connectivity index (χ1) is 8.90. The van der Waals surface area contributed by atoms with Crippen molar-refractivity contribution in [2.75, 3.05) is 19.6 Å². The van der Waals surface area contributed by atoms with Gasteiger partial charge in [-0.05, 0) is 30.5 Å². The van der Waals surface area contributed by atoms with E-state index in [9.17, 15) is 0 Å². The second-order valence-electron chi connectivity index (χ2n) is 5.21. The minimum atomic E-state index is 1.14. The van der Waals surface area contributed by atoms with Crippen molar-refractivity contribution in [3.8, 4) is 0 Å². The van der Waals surface area contributed by atoms with Gasteiger partial charge in [-0.2, -0.15) is 0 Å². The number of hydrogen-bond acceptors (Lipinski definition) is 1. The van der Waals surface area contributed by atoms with E-state index in [2.05, 4.69) is 48.2 Å². The van der Waals surface area contributed by atoms with Crippen molar-refractivity contribution in [1.82, 2.24) is 4.90 Å². The molecule has 0 atom stereocenters. The lowest BCUT2D eigenvalue weighted by Gasteiger charge is -2.26. The molecule has 1 aromatic rings. The first kappa shape index (κ1) is 13.4. The van der Waals surface area contributed by atoms with Crippen LogP contribution in [0.1, 0.15) is 44.6 Å². The van der Waals surface area contributed by atoms with Gasteiger partial charge in [-0.3, -0.25) is 4.90 Å². The summed E-state index contributed by atoms with van der Waals surface area (Å²) in [7, 11) is 0. The summed E-state index contributed by atoms with van der Waals surface area (Å²) in [5.41, 5.74) is 2.93. The predicted octanol–water partition coefficient (Wildman–Crippen LogP) is 4.36. The molecule has 1 heterocycles. The molecule has 1 aliphatic rings. The predicted molar refractivity (Wildman–Crippen MR) is 79.6 cm³/mol. The summed E-state index contributed by atoms with van der Waals surface area (Å²) in [6, 6.07) is 10.8. The number of benzene rings is 1. The zero-order valence-corrected chi connectivity index (χ0v) is 11.6. The largest absolute Gasteiger partial charge is 0.299 e. The van der Waals surface area contributed by atoms with Gasteiger partial charge in [0.15, 0.2) is 0 Å². The van der Waals surface area contributed by atoms with Gasteiger partial charge in [-0.1, -0.05) is 62.6 Å². The second kappa shape index (κ2) is 7.38. The fraction of sp³-hybridized carbons (Fsp3) is 0.529. The molecule has 1 aromatic carbocycles.